The first kappa shape index (κ1) is 28.5. The molecule has 0 atom stereocenters. The third kappa shape index (κ3) is 7.02. The van der Waals surface area contributed by atoms with Crippen molar-refractivity contribution in [3.8, 4) is 5.69 Å². The van der Waals surface area contributed by atoms with Crippen LogP contribution in [0.4, 0.5) is 4.39 Å². The SMILES string of the molecule is CCN(CC)S(=O)(=O)c1ccc(C(=O)CSc2nnc(CCCNC(C)=O)n2-c2ccccc2F)cc1. The van der Waals surface area contributed by atoms with Crippen molar-refractivity contribution >= 4 is 33.5 Å². The van der Waals surface area contributed by atoms with Crippen LogP contribution < -0.4 is 5.32 Å². The number of halogens is 1. The van der Waals surface area contributed by atoms with Gasteiger partial charge in [-0.15, -0.1) is 10.2 Å². The summed E-state index contributed by atoms with van der Waals surface area (Å²) in [5.74, 6) is -0.309. The van der Waals surface area contributed by atoms with E-state index >= 15 is 0 Å². The fourth-order valence-corrected chi connectivity index (χ4v) is 6.00. The molecule has 0 unspecified atom stereocenters. The molecule has 0 aliphatic heterocycles. The number of hydrogen-bond donors (Lipinski definition) is 1. The number of hydrogen-bond acceptors (Lipinski definition) is 7. The zero-order chi connectivity index (χ0) is 27.0. The number of thioether (sulfide) groups is 1. The van der Waals surface area contributed by atoms with Gasteiger partial charge < -0.3 is 5.32 Å². The molecule has 1 heterocycles. The van der Waals surface area contributed by atoms with Crippen LogP contribution in [0.3, 0.4) is 0 Å². The first-order valence-electron chi connectivity index (χ1n) is 11.9. The molecule has 37 heavy (non-hydrogen) atoms. The molecule has 0 radical (unpaired) electrons. The average Bonchev–Trinajstić information content (AvgIpc) is 3.28. The summed E-state index contributed by atoms with van der Waals surface area (Å²) < 4.78 is 43.0. The molecule has 12 heteroatoms. The van der Waals surface area contributed by atoms with Gasteiger partial charge in [-0.05, 0) is 30.7 Å². The van der Waals surface area contributed by atoms with Crippen LogP contribution in [0.2, 0.25) is 0 Å². The molecule has 0 saturated carbocycles. The normalized spacial score (nSPS) is 11.6. The molecule has 3 rings (SSSR count). The number of carbonyl (C=O) groups is 2. The number of amides is 1. The maximum Gasteiger partial charge on any atom is 0.243 e. The molecule has 9 nitrogen and oxygen atoms in total. The molecule has 1 aromatic heterocycles. The van der Waals surface area contributed by atoms with Crippen molar-refractivity contribution in [2.24, 2.45) is 0 Å². The van der Waals surface area contributed by atoms with E-state index in [-0.39, 0.29) is 28.0 Å². The second-order valence-electron chi connectivity index (χ2n) is 8.10. The monoisotopic (exact) mass is 547 g/mol. The van der Waals surface area contributed by atoms with E-state index < -0.39 is 15.8 Å². The maximum atomic E-state index is 14.7. The Morgan fingerprint density at radius 3 is 2.35 bits per heavy atom. The number of aryl methyl sites for hydroxylation is 1. The van der Waals surface area contributed by atoms with Crippen LogP contribution in [0.5, 0.6) is 0 Å². The van der Waals surface area contributed by atoms with Crippen molar-refractivity contribution in [2.45, 2.75) is 43.7 Å². The van der Waals surface area contributed by atoms with Gasteiger partial charge in [0.2, 0.25) is 15.9 Å². The number of ketones is 1. The van der Waals surface area contributed by atoms with Gasteiger partial charge >= 0.3 is 0 Å². The van der Waals surface area contributed by atoms with E-state index in [4.69, 9.17) is 0 Å². The maximum absolute atomic E-state index is 14.7. The van der Waals surface area contributed by atoms with Gasteiger partial charge in [0.15, 0.2) is 10.9 Å². The number of aromatic nitrogens is 3. The van der Waals surface area contributed by atoms with E-state index in [1.54, 1.807) is 36.6 Å². The summed E-state index contributed by atoms with van der Waals surface area (Å²) in [6.07, 6.45) is 1.02. The second-order valence-corrected chi connectivity index (χ2v) is 11.0. The van der Waals surface area contributed by atoms with Gasteiger partial charge in [-0.2, -0.15) is 4.31 Å². The minimum atomic E-state index is -3.61. The third-order valence-corrected chi connectivity index (χ3v) is 8.59. The number of para-hydroxylation sites is 1. The van der Waals surface area contributed by atoms with Crippen LogP contribution in [0.15, 0.2) is 58.6 Å². The third-order valence-electron chi connectivity index (χ3n) is 5.60. The van der Waals surface area contributed by atoms with Crippen molar-refractivity contribution in [3.05, 3.63) is 65.7 Å². The predicted octanol–water partition coefficient (Wildman–Crippen LogP) is 3.48. The Morgan fingerprint density at radius 1 is 1.05 bits per heavy atom. The Morgan fingerprint density at radius 2 is 1.73 bits per heavy atom. The predicted molar refractivity (Wildman–Crippen MR) is 140 cm³/mol. The van der Waals surface area contributed by atoms with Crippen molar-refractivity contribution in [3.63, 3.8) is 0 Å². The van der Waals surface area contributed by atoms with E-state index in [2.05, 4.69) is 15.5 Å². The van der Waals surface area contributed by atoms with Gasteiger partial charge in [0.05, 0.1) is 16.3 Å². The summed E-state index contributed by atoms with van der Waals surface area (Å²) in [4.78, 5) is 24.1. The molecule has 198 valence electrons. The molecule has 0 aliphatic rings. The van der Waals surface area contributed by atoms with E-state index in [9.17, 15) is 22.4 Å². The first-order valence-corrected chi connectivity index (χ1v) is 14.3. The zero-order valence-corrected chi connectivity index (χ0v) is 22.6. The molecule has 0 aliphatic carbocycles. The van der Waals surface area contributed by atoms with Gasteiger partial charge in [0.1, 0.15) is 11.6 Å². The van der Waals surface area contributed by atoms with Crippen molar-refractivity contribution in [1.29, 1.82) is 0 Å². The number of carbonyl (C=O) groups excluding carboxylic acids is 2. The first-order chi connectivity index (χ1) is 17.7. The highest BCUT2D eigenvalue weighted by Gasteiger charge is 2.22. The fraction of sp³-hybridized carbons (Fsp3) is 0.360. The highest BCUT2D eigenvalue weighted by molar-refractivity contribution is 7.99. The Balaban J connectivity index is 1.77. The summed E-state index contributed by atoms with van der Waals surface area (Å²) in [5.41, 5.74) is 0.626. The average molecular weight is 548 g/mol. The molecule has 1 amide bonds. The van der Waals surface area contributed by atoms with Crippen LogP contribution in [0, 0.1) is 5.82 Å². The molecule has 3 aromatic rings. The minimum absolute atomic E-state index is 0.000615. The van der Waals surface area contributed by atoms with E-state index in [0.29, 0.717) is 49.0 Å². The van der Waals surface area contributed by atoms with Crippen molar-refractivity contribution < 1.29 is 22.4 Å². The lowest BCUT2D eigenvalue weighted by molar-refractivity contribution is -0.118. The summed E-state index contributed by atoms with van der Waals surface area (Å²) in [6, 6.07) is 12.1. The minimum Gasteiger partial charge on any atom is -0.356 e. The van der Waals surface area contributed by atoms with Crippen LogP contribution in [-0.2, 0) is 21.2 Å². The highest BCUT2D eigenvalue weighted by Crippen LogP contribution is 2.25. The number of nitrogens with one attached hydrogen (secondary N) is 1. The molecule has 0 bridgehead atoms. The second kappa shape index (κ2) is 12.9. The molecule has 2 aromatic carbocycles. The Labute approximate surface area is 220 Å². The number of nitrogens with zero attached hydrogens (tertiary/aromatic N) is 4. The van der Waals surface area contributed by atoms with Gasteiger partial charge in [0.25, 0.3) is 0 Å². The van der Waals surface area contributed by atoms with Gasteiger partial charge in [-0.25, -0.2) is 12.8 Å². The zero-order valence-electron chi connectivity index (χ0n) is 21.0. The molecule has 0 fully saturated rings. The molecule has 1 N–H and O–H groups in total. The van der Waals surface area contributed by atoms with Crippen molar-refractivity contribution in [2.75, 3.05) is 25.4 Å². The quantitative estimate of drug-likeness (QED) is 0.198. The largest absolute Gasteiger partial charge is 0.356 e. The lowest BCUT2D eigenvalue weighted by Gasteiger charge is -2.18. The summed E-state index contributed by atoms with van der Waals surface area (Å²) in [7, 11) is -3.61. The molecule has 0 saturated heterocycles. The lowest BCUT2D eigenvalue weighted by atomic mass is 10.1. The van der Waals surface area contributed by atoms with Crippen LogP contribution in [0.1, 0.15) is 43.4 Å². The molecule has 0 spiro atoms. The summed E-state index contributed by atoms with van der Waals surface area (Å²) in [5, 5.41) is 11.5. The van der Waals surface area contributed by atoms with E-state index in [1.807, 2.05) is 0 Å². The topological polar surface area (TPSA) is 114 Å². The smallest absolute Gasteiger partial charge is 0.243 e. The molecular formula is C25H30FN5O4S2. The number of benzene rings is 2. The Bertz CT molecular complexity index is 1340. The summed E-state index contributed by atoms with van der Waals surface area (Å²) in [6.45, 7) is 6.13. The summed E-state index contributed by atoms with van der Waals surface area (Å²) >= 11 is 1.12. The van der Waals surface area contributed by atoms with Gasteiger partial charge in [-0.3, -0.25) is 14.2 Å². The van der Waals surface area contributed by atoms with Crippen molar-refractivity contribution in [1.82, 2.24) is 24.4 Å². The van der Waals surface area contributed by atoms with Gasteiger partial charge in [-0.1, -0.05) is 49.9 Å². The number of Topliss-reactive ketones (excluding diaryl/α,β-unsaturated/α-hetero) is 1. The number of rotatable bonds is 13. The standard InChI is InChI=1S/C25H30FN5O4S2/c1-4-30(5-2)37(34,35)20-14-12-19(13-15-20)23(33)17-36-25-29-28-24(11-8-16-27-18(3)32)31(25)22-10-7-6-9-21(22)26/h6-7,9-10,12-15H,4-5,8,11,16-17H2,1-3H3,(H,27,32). The van der Waals surface area contributed by atoms with Crippen LogP contribution in [0.25, 0.3) is 5.69 Å². The van der Waals surface area contributed by atoms with Crippen LogP contribution >= 0.6 is 11.8 Å². The fourth-order valence-electron chi connectivity index (χ4n) is 3.68. The van der Waals surface area contributed by atoms with Gasteiger partial charge in [0, 0.05) is 38.5 Å². The number of sulfonamides is 1. The Hall–Kier alpha value is -3.09. The lowest BCUT2D eigenvalue weighted by Crippen LogP contribution is -2.30. The Kier molecular flexibility index (Phi) is 9.95. The molecular weight excluding hydrogens is 517 g/mol. The highest BCUT2D eigenvalue weighted by atomic mass is 32.2. The van der Waals surface area contributed by atoms with Crippen LogP contribution in [-0.4, -0.2) is 64.6 Å². The van der Waals surface area contributed by atoms with E-state index in [1.165, 1.54) is 41.6 Å². The van der Waals surface area contributed by atoms with E-state index in [0.717, 1.165) is 11.8 Å².